The molecule has 0 aliphatic carbocycles. The van der Waals surface area contributed by atoms with E-state index in [4.69, 9.17) is 4.74 Å². The van der Waals surface area contributed by atoms with Gasteiger partial charge in [0, 0.05) is 5.92 Å². The minimum Gasteiger partial charge on any atom is -0.376 e. The van der Waals surface area contributed by atoms with Crippen LogP contribution in [0, 0.1) is 5.92 Å². The van der Waals surface area contributed by atoms with Crippen LogP contribution in [-0.4, -0.2) is 12.9 Å². The molecule has 0 heterocycles. The summed E-state index contributed by atoms with van der Waals surface area (Å²) in [6, 6.07) is 9.90. The van der Waals surface area contributed by atoms with Crippen molar-refractivity contribution < 1.29 is 9.53 Å². The van der Waals surface area contributed by atoms with E-state index in [1.807, 2.05) is 30.3 Å². The minimum absolute atomic E-state index is 0.135. The van der Waals surface area contributed by atoms with Gasteiger partial charge in [0.05, 0.1) is 13.2 Å². The molecular formula is C15H18O2. The van der Waals surface area contributed by atoms with Crippen LogP contribution >= 0.6 is 0 Å². The van der Waals surface area contributed by atoms with Crippen LogP contribution in [-0.2, 0) is 16.1 Å². The number of aldehydes is 1. The van der Waals surface area contributed by atoms with Gasteiger partial charge in [0.15, 0.2) is 0 Å². The molecule has 1 aromatic carbocycles. The van der Waals surface area contributed by atoms with E-state index in [9.17, 15) is 4.79 Å². The summed E-state index contributed by atoms with van der Waals surface area (Å²) in [6.07, 6.45) is 3.20. The smallest absolute Gasteiger partial charge is 0.125 e. The highest BCUT2D eigenvalue weighted by atomic mass is 16.5. The Morgan fingerprint density at radius 1 is 1.35 bits per heavy atom. The third kappa shape index (κ3) is 5.27. The lowest BCUT2D eigenvalue weighted by Gasteiger charge is -2.11. The summed E-state index contributed by atoms with van der Waals surface area (Å²) in [4.78, 5) is 10.8. The molecule has 1 rings (SSSR count). The molecule has 0 saturated heterocycles. The van der Waals surface area contributed by atoms with Gasteiger partial charge in [-0.25, -0.2) is 0 Å². The first-order valence-electron chi connectivity index (χ1n) is 5.63. The average molecular weight is 230 g/mol. The molecule has 0 saturated carbocycles. The SMILES string of the molecule is C=CC(=C)CC(C=O)COCc1ccccc1. The van der Waals surface area contributed by atoms with Crippen molar-refractivity contribution in [1.29, 1.82) is 0 Å². The van der Waals surface area contributed by atoms with E-state index in [0.29, 0.717) is 19.6 Å². The van der Waals surface area contributed by atoms with Crippen molar-refractivity contribution in [1.82, 2.24) is 0 Å². The molecule has 0 amide bonds. The first kappa shape index (κ1) is 13.4. The van der Waals surface area contributed by atoms with E-state index >= 15 is 0 Å². The molecular weight excluding hydrogens is 212 g/mol. The van der Waals surface area contributed by atoms with Gasteiger partial charge < -0.3 is 9.53 Å². The van der Waals surface area contributed by atoms with E-state index in [1.54, 1.807) is 6.08 Å². The Hall–Kier alpha value is -1.67. The van der Waals surface area contributed by atoms with Gasteiger partial charge in [-0.1, -0.05) is 55.1 Å². The fourth-order valence-electron chi connectivity index (χ4n) is 1.47. The largest absolute Gasteiger partial charge is 0.376 e. The van der Waals surface area contributed by atoms with E-state index < -0.39 is 0 Å². The summed E-state index contributed by atoms with van der Waals surface area (Å²) in [7, 11) is 0. The Labute approximate surface area is 103 Å². The minimum atomic E-state index is -0.135. The molecule has 1 atom stereocenters. The normalized spacial score (nSPS) is 11.8. The van der Waals surface area contributed by atoms with Crippen molar-refractivity contribution >= 4 is 6.29 Å². The molecule has 0 spiro atoms. The molecule has 2 heteroatoms. The second kappa shape index (κ2) is 7.58. The Morgan fingerprint density at radius 3 is 2.65 bits per heavy atom. The van der Waals surface area contributed by atoms with E-state index in [2.05, 4.69) is 13.2 Å². The maximum Gasteiger partial charge on any atom is 0.125 e. The summed E-state index contributed by atoms with van der Waals surface area (Å²) in [5, 5.41) is 0. The molecule has 90 valence electrons. The second-order valence-corrected chi connectivity index (χ2v) is 3.96. The molecule has 0 radical (unpaired) electrons. The summed E-state index contributed by atoms with van der Waals surface area (Å²) in [6.45, 7) is 8.37. The Kier molecular flexibility index (Phi) is 5.97. The number of benzene rings is 1. The van der Waals surface area contributed by atoms with Crippen LogP contribution in [0.2, 0.25) is 0 Å². The zero-order chi connectivity index (χ0) is 12.5. The zero-order valence-corrected chi connectivity index (χ0v) is 9.97. The van der Waals surface area contributed by atoms with Crippen LogP contribution in [0.1, 0.15) is 12.0 Å². The summed E-state index contributed by atoms with van der Waals surface area (Å²) < 4.78 is 5.51. The van der Waals surface area contributed by atoms with Gasteiger partial charge in [0.2, 0.25) is 0 Å². The van der Waals surface area contributed by atoms with Gasteiger partial charge in [-0.15, -0.1) is 0 Å². The molecule has 17 heavy (non-hydrogen) atoms. The number of rotatable bonds is 8. The van der Waals surface area contributed by atoms with Crippen LogP contribution in [0.5, 0.6) is 0 Å². The van der Waals surface area contributed by atoms with Crippen molar-refractivity contribution in [2.24, 2.45) is 5.92 Å². The van der Waals surface area contributed by atoms with Crippen LogP contribution in [0.25, 0.3) is 0 Å². The molecule has 0 bridgehead atoms. The van der Waals surface area contributed by atoms with Crippen LogP contribution in [0.15, 0.2) is 55.1 Å². The van der Waals surface area contributed by atoms with Crippen molar-refractivity contribution in [3.8, 4) is 0 Å². The van der Waals surface area contributed by atoms with Gasteiger partial charge in [-0.05, 0) is 12.0 Å². The van der Waals surface area contributed by atoms with Gasteiger partial charge in [-0.3, -0.25) is 0 Å². The molecule has 0 aliphatic heterocycles. The predicted molar refractivity (Wildman–Crippen MR) is 69.6 cm³/mol. The van der Waals surface area contributed by atoms with Crippen molar-refractivity contribution in [3.63, 3.8) is 0 Å². The highest BCUT2D eigenvalue weighted by Crippen LogP contribution is 2.10. The lowest BCUT2D eigenvalue weighted by molar-refractivity contribution is -0.113. The molecule has 1 unspecified atom stereocenters. The fraction of sp³-hybridized carbons (Fsp3) is 0.267. The van der Waals surface area contributed by atoms with E-state index in [1.165, 1.54) is 0 Å². The first-order valence-corrected chi connectivity index (χ1v) is 5.63. The van der Waals surface area contributed by atoms with Crippen LogP contribution in [0.4, 0.5) is 0 Å². The number of hydrogen-bond donors (Lipinski definition) is 0. The second-order valence-electron chi connectivity index (χ2n) is 3.96. The third-order valence-corrected chi connectivity index (χ3v) is 2.45. The number of carbonyl (C=O) groups excluding carboxylic acids is 1. The fourth-order valence-corrected chi connectivity index (χ4v) is 1.47. The number of ether oxygens (including phenoxy) is 1. The zero-order valence-electron chi connectivity index (χ0n) is 9.97. The maximum absolute atomic E-state index is 10.8. The van der Waals surface area contributed by atoms with Gasteiger partial charge >= 0.3 is 0 Å². The summed E-state index contributed by atoms with van der Waals surface area (Å²) in [5.74, 6) is -0.135. The van der Waals surface area contributed by atoms with Gasteiger partial charge in [0.25, 0.3) is 0 Å². The predicted octanol–water partition coefficient (Wildman–Crippen LogP) is 3.15. The highest BCUT2D eigenvalue weighted by molar-refractivity contribution is 5.54. The third-order valence-electron chi connectivity index (χ3n) is 2.45. The highest BCUT2D eigenvalue weighted by Gasteiger charge is 2.08. The lowest BCUT2D eigenvalue weighted by Crippen LogP contribution is -2.11. The Bertz CT molecular complexity index is 368. The summed E-state index contributed by atoms with van der Waals surface area (Å²) in [5.41, 5.74) is 1.98. The number of hydrogen-bond acceptors (Lipinski definition) is 2. The Morgan fingerprint density at radius 2 is 2.06 bits per heavy atom. The molecule has 0 aliphatic rings. The summed E-state index contributed by atoms with van der Waals surface area (Å²) >= 11 is 0. The van der Waals surface area contributed by atoms with E-state index in [-0.39, 0.29) is 5.92 Å². The molecule has 0 N–H and O–H groups in total. The van der Waals surface area contributed by atoms with Crippen molar-refractivity contribution in [2.45, 2.75) is 13.0 Å². The van der Waals surface area contributed by atoms with Gasteiger partial charge in [-0.2, -0.15) is 0 Å². The number of carbonyl (C=O) groups is 1. The molecule has 0 aromatic heterocycles. The molecule has 0 fully saturated rings. The van der Waals surface area contributed by atoms with Crippen molar-refractivity contribution in [3.05, 3.63) is 60.7 Å². The maximum atomic E-state index is 10.8. The molecule has 1 aromatic rings. The Balaban J connectivity index is 2.31. The van der Waals surface area contributed by atoms with Crippen LogP contribution in [0.3, 0.4) is 0 Å². The average Bonchev–Trinajstić information content (AvgIpc) is 2.38. The lowest BCUT2D eigenvalue weighted by atomic mass is 10.0. The molecule has 2 nitrogen and oxygen atoms in total. The monoisotopic (exact) mass is 230 g/mol. The number of allylic oxidation sites excluding steroid dienone is 2. The standard InChI is InChI=1S/C15H18O2/c1-3-13(2)9-15(10-16)12-17-11-14-7-5-4-6-8-14/h3-8,10,15H,1-2,9,11-12H2. The van der Waals surface area contributed by atoms with Crippen molar-refractivity contribution in [2.75, 3.05) is 6.61 Å². The van der Waals surface area contributed by atoms with Gasteiger partial charge in [0.1, 0.15) is 6.29 Å². The van der Waals surface area contributed by atoms with Crippen LogP contribution < -0.4 is 0 Å². The quantitative estimate of drug-likeness (QED) is 0.506. The van der Waals surface area contributed by atoms with E-state index in [0.717, 1.165) is 17.4 Å². The topological polar surface area (TPSA) is 26.3 Å². The first-order chi connectivity index (χ1) is 8.26.